The molecule has 3 amide bonds. The van der Waals surface area contributed by atoms with Crippen molar-refractivity contribution in [3.63, 3.8) is 0 Å². The van der Waals surface area contributed by atoms with Gasteiger partial charge in [-0.15, -0.1) is 0 Å². The van der Waals surface area contributed by atoms with Crippen LogP contribution < -0.4 is 0 Å². The number of ketones is 1. The molecule has 1 saturated heterocycles. The molecule has 2 bridgehead atoms. The van der Waals surface area contributed by atoms with Gasteiger partial charge in [0.25, 0.3) is 5.91 Å². The van der Waals surface area contributed by atoms with Crippen molar-refractivity contribution >= 4 is 17.7 Å². The highest BCUT2D eigenvalue weighted by molar-refractivity contribution is 6.07. The van der Waals surface area contributed by atoms with E-state index in [0.29, 0.717) is 11.1 Å². The van der Waals surface area contributed by atoms with Gasteiger partial charge in [0.05, 0.1) is 11.5 Å². The monoisotopic (exact) mass is 328 g/mol. The van der Waals surface area contributed by atoms with E-state index < -0.39 is 35.0 Å². The van der Waals surface area contributed by atoms with Gasteiger partial charge in [-0.05, 0) is 18.1 Å². The summed E-state index contributed by atoms with van der Waals surface area (Å²) in [7, 11) is 2.73. The molecule has 0 saturated carbocycles. The average molecular weight is 328 g/mol. The van der Waals surface area contributed by atoms with E-state index >= 15 is 4.39 Å². The van der Waals surface area contributed by atoms with Gasteiger partial charge in [-0.2, -0.15) is 0 Å². The first-order valence-corrected chi connectivity index (χ1v) is 7.81. The fourth-order valence-electron chi connectivity index (χ4n) is 4.72. The van der Waals surface area contributed by atoms with E-state index in [4.69, 9.17) is 0 Å². The first-order chi connectivity index (χ1) is 11.3. The van der Waals surface area contributed by atoms with Crippen molar-refractivity contribution in [1.82, 2.24) is 9.80 Å². The number of hydrogen-bond donors (Lipinski definition) is 0. The van der Waals surface area contributed by atoms with Crippen LogP contribution in [-0.2, 0) is 15.0 Å². The molecule has 1 fully saturated rings. The van der Waals surface area contributed by atoms with Crippen molar-refractivity contribution in [2.75, 3.05) is 14.1 Å². The fourth-order valence-corrected chi connectivity index (χ4v) is 4.72. The average Bonchev–Trinajstić information content (AvgIpc) is 2.58. The molecule has 3 aliphatic carbocycles. The Morgan fingerprint density at radius 1 is 1.21 bits per heavy atom. The summed E-state index contributed by atoms with van der Waals surface area (Å²) in [6.07, 6.45) is 3.28. The lowest BCUT2D eigenvalue weighted by molar-refractivity contribution is -0.158. The van der Waals surface area contributed by atoms with Crippen LogP contribution >= 0.6 is 0 Å². The van der Waals surface area contributed by atoms with Crippen LogP contribution in [0.25, 0.3) is 0 Å². The fraction of sp³-hybridized carbons (Fsp3) is 0.389. The highest BCUT2D eigenvalue weighted by Gasteiger charge is 2.72. The Kier molecular flexibility index (Phi) is 2.71. The van der Waals surface area contributed by atoms with E-state index in [0.717, 1.165) is 4.90 Å². The number of carbonyl (C=O) groups excluding carboxylic acids is 3. The molecule has 1 aromatic carbocycles. The Bertz CT molecular complexity index is 835. The van der Waals surface area contributed by atoms with Crippen molar-refractivity contribution in [1.29, 1.82) is 0 Å². The van der Waals surface area contributed by atoms with Crippen LogP contribution in [0.4, 0.5) is 9.18 Å². The van der Waals surface area contributed by atoms with Gasteiger partial charge in [0.1, 0.15) is 5.78 Å². The summed E-state index contributed by atoms with van der Waals surface area (Å²) in [5, 5.41) is 0. The van der Waals surface area contributed by atoms with Crippen molar-refractivity contribution < 1.29 is 18.8 Å². The summed E-state index contributed by atoms with van der Waals surface area (Å²) in [4.78, 5) is 39.9. The van der Waals surface area contributed by atoms with Gasteiger partial charge < -0.3 is 4.90 Å². The minimum Gasteiger partial charge on any atom is -0.319 e. The molecule has 124 valence electrons. The summed E-state index contributed by atoms with van der Waals surface area (Å²) in [6.45, 7) is 1.38. The maximum atomic E-state index is 16.3. The number of hydrogen-bond acceptors (Lipinski definition) is 3. The number of benzene rings is 1. The second-order valence-electron chi connectivity index (χ2n) is 6.78. The lowest BCUT2D eigenvalue weighted by Crippen LogP contribution is -2.78. The standard InChI is InChI=1S/C18H17FN2O3/c1-10(22)17-9-8-13(11-6-4-5-7-12(11)17)18(19)14(17)20(2)16(24)21(3)15(18)23/h4-9,13-14H,1-3H3/t13-,14?,17-,18-/m1/s1. The Labute approximate surface area is 138 Å². The molecule has 1 aliphatic heterocycles. The predicted molar refractivity (Wildman–Crippen MR) is 84.2 cm³/mol. The molecule has 5 nitrogen and oxygen atoms in total. The molecule has 0 radical (unpaired) electrons. The SMILES string of the molecule is CC(=O)[C@]12C=C[C@H](c3ccccc31)[C@]1(F)C(=O)N(C)C(=O)N(C)C21. The number of amides is 3. The lowest BCUT2D eigenvalue weighted by Gasteiger charge is -2.60. The number of nitrogens with zero attached hydrogens (tertiary/aromatic N) is 2. The molecule has 0 aromatic heterocycles. The lowest BCUT2D eigenvalue weighted by atomic mass is 9.51. The maximum Gasteiger partial charge on any atom is 0.326 e. The van der Waals surface area contributed by atoms with Crippen molar-refractivity contribution in [3.05, 3.63) is 47.5 Å². The molecule has 4 atom stereocenters. The van der Waals surface area contributed by atoms with Gasteiger partial charge in [-0.1, -0.05) is 36.4 Å². The van der Waals surface area contributed by atoms with Crippen LogP contribution in [0.15, 0.2) is 36.4 Å². The third-order valence-corrected chi connectivity index (χ3v) is 5.77. The molecule has 6 heteroatoms. The zero-order valence-electron chi connectivity index (χ0n) is 13.6. The molecule has 5 rings (SSSR count). The van der Waals surface area contributed by atoms with Gasteiger partial charge >= 0.3 is 6.03 Å². The second-order valence-corrected chi connectivity index (χ2v) is 6.78. The molecule has 1 unspecified atom stereocenters. The number of alkyl halides is 1. The Morgan fingerprint density at radius 2 is 1.88 bits per heavy atom. The van der Waals surface area contributed by atoms with E-state index in [-0.39, 0.29) is 5.78 Å². The van der Waals surface area contributed by atoms with Gasteiger partial charge in [-0.25, -0.2) is 9.18 Å². The van der Waals surface area contributed by atoms with Crippen LogP contribution in [0.5, 0.6) is 0 Å². The van der Waals surface area contributed by atoms with E-state index in [9.17, 15) is 14.4 Å². The third-order valence-electron chi connectivity index (χ3n) is 5.77. The topological polar surface area (TPSA) is 57.7 Å². The Balaban J connectivity index is 2.11. The number of carbonyl (C=O) groups is 3. The van der Waals surface area contributed by atoms with Crippen LogP contribution in [0.3, 0.4) is 0 Å². The zero-order valence-corrected chi connectivity index (χ0v) is 13.6. The first kappa shape index (κ1) is 15.1. The van der Waals surface area contributed by atoms with E-state index in [2.05, 4.69) is 0 Å². The first-order valence-electron chi connectivity index (χ1n) is 7.81. The molecule has 1 aromatic rings. The molecular formula is C18H17FN2O3. The Hall–Kier alpha value is -2.50. The van der Waals surface area contributed by atoms with Crippen LogP contribution in [0, 0.1) is 0 Å². The molecule has 0 spiro atoms. The normalized spacial score (nSPS) is 36.7. The van der Waals surface area contributed by atoms with Crippen molar-refractivity contribution in [2.45, 2.75) is 30.0 Å². The minimum atomic E-state index is -2.35. The number of rotatable bonds is 1. The molecular weight excluding hydrogens is 311 g/mol. The molecule has 0 N–H and O–H groups in total. The second kappa shape index (κ2) is 4.32. The highest BCUT2D eigenvalue weighted by atomic mass is 19.1. The Morgan fingerprint density at radius 3 is 2.54 bits per heavy atom. The van der Waals surface area contributed by atoms with Crippen LogP contribution in [0.1, 0.15) is 24.0 Å². The van der Waals surface area contributed by atoms with Gasteiger partial charge in [0.15, 0.2) is 0 Å². The van der Waals surface area contributed by atoms with Gasteiger partial charge in [0.2, 0.25) is 5.67 Å². The van der Waals surface area contributed by atoms with Crippen LogP contribution in [-0.4, -0.2) is 53.3 Å². The molecule has 1 heterocycles. The van der Waals surface area contributed by atoms with E-state index in [1.165, 1.54) is 25.9 Å². The molecule has 24 heavy (non-hydrogen) atoms. The predicted octanol–water partition coefficient (Wildman–Crippen LogP) is 1.78. The van der Waals surface area contributed by atoms with Gasteiger partial charge in [0, 0.05) is 20.0 Å². The summed E-state index contributed by atoms with van der Waals surface area (Å²) < 4.78 is 16.3. The number of allylic oxidation sites excluding steroid dienone is 1. The highest BCUT2D eigenvalue weighted by Crippen LogP contribution is 2.59. The van der Waals surface area contributed by atoms with Crippen molar-refractivity contribution in [2.24, 2.45) is 0 Å². The number of halogens is 1. The third kappa shape index (κ3) is 1.34. The van der Waals surface area contributed by atoms with Crippen molar-refractivity contribution in [3.8, 4) is 0 Å². The summed E-state index contributed by atoms with van der Waals surface area (Å²) >= 11 is 0. The summed E-state index contributed by atoms with van der Waals surface area (Å²) in [5.74, 6) is -1.98. The quantitative estimate of drug-likeness (QED) is 0.739. The minimum absolute atomic E-state index is 0.284. The largest absolute Gasteiger partial charge is 0.326 e. The molecule has 4 aliphatic rings. The van der Waals surface area contributed by atoms with E-state index in [1.807, 2.05) is 0 Å². The van der Waals surface area contributed by atoms with E-state index in [1.54, 1.807) is 36.4 Å². The number of imide groups is 1. The maximum absolute atomic E-state index is 16.3. The number of likely N-dealkylation sites (N-methyl/N-ethyl adjacent to an activating group) is 1. The van der Waals surface area contributed by atoms with Crippen LogP contribution in [0.2, 0.25) is 0 Å². The number of Topliss-reactive ketones (excluding diaryl/α,β-unsaturated/α-hetero) is 1. The summed E-state index contributed by atoms with van der Waals surface area (Å²) in [5.41, 5.74) is -2.38. The summed E-state index contributed by atoms with van der Waals surface area (Å²) in [6, 6.07) is 5.32. The van der Waals surface area contributed by atoms with Gasteiger partial charge in [-0.3, -0.25) is 14.5 Å². The number of urea groups is 1. The smallest absolute Gasteiger partial charge is 0.319 e. The zero-order chi connectivity index (χ0) is 17.4.